The summed E-state index contributed by atoms with van der Waals surface area (Å²) >= 11 is 11.1. The largest absolute Gasteiger partial charge is 0.278 e. The van der Waals surface area contributed by atoms with Crippen LogP contribution in [0.5, 0.6) is 0 Å². The minimum atomic E-state index is -3.88. The maximum atomic E-state index is 11.5. The van der Waals surface area contributed by atoms with E-state index < -0.39 is 15.9 Å². The van der Waals surface area contributed by atoms with Gasteiger partial charge in [0.25, 0.3) is 10.0 Å². The number of carbonyl (C=O) groups excluding carboxylic acids is 1. The van der Waals surface area contributed by atoms with Crippen LogP contribution in [0.2, 0.25) is 10.2 Å². The van der Waals surface area contributed by atoms with Gasteiger partial charge in [0.2, 0.25) is 5.91 Å². The average molecular weight is 284 g/mol. The Kier molecular flexibility index (Phi) is 4.09. The highest BCUT2D eigenvalue weighted by atomic mass is 35.5. The van der Waals surface area contributed by atoms with Crippen molar-refractivity contribution in [3.8, 4) is 0 Å². The van der Waals surface area contributed by atoms with Gasteiger partial charge in [0.15, 0.2) is 0 Å². The second kappa shape index (κ2) is 4.96. The van der Waals surface area contributed by atoms with Crippen molar-refractivity contribution in [3.63, 3.8) is 0 Å². The van der Waals surface area contributed by atoms with E-state index in [1.807, 2.05) is 10.3 Å². The molecule has 1 heterocycles. The first-order valence-electron chi connectivity index (χ1n) is 3.92. The van der Waals surface area contributed by atoms with Crippen molar-refractivity contribution in [1.82, 2.24) is 15.2 Å². The van der Waals surface area contributed by atoms with Gasteiger partial charge in [-0.1, -0.05) is 23.2 Å². The number of hydrogen-bond donors (Lipinski definition) is 2. The smallest absolute Gasteiger partial charge is 0.258 e. The molecule has 1 aromatic rings. The first-order valence-corrected chi connectivity index (χ1v) is 6.16. The number of rotatable bonds is 3. The Labute approximate surface area is 102 Å². The van der Waals surface area contributed by atoms with Crippen LogP contribution in [0.4, 0.5) is 0 Å². The summed E-state index contributed by atoms with van der Waals surface area (Å²) in [6, 6.07) is 1.13. The quantitative estimate of drug-likeness (QED) is 0.632. The highest BCUT2D eigenvalue weighted by Gasteiger charge is 2.16. The van der Waals surface area contributed by atoms with Crippen molar-refractivity contribution < 1.29 is 13.2 Å². The molecule has 0 fully saturated rings. The highest BCUT2D eigenvalue weighted by Crippen LogP contribution is 2.21. The lowest BCUT2D eigenvalue weighted by Crippen LogP contribution is -2.40. The highest BCUT2D eigenvalue weighted by molar-refractivity contribution is 7.89. The lowest BCUT2D eigenvalue weighted by Gasteiger charge is -2.06. The Morgan fingerprint density at radius 2 is 2.06 bits per heavy atom. The van der Waals surface area contributed by atoms with Crippen molar-refractivity contribution in [2.75, 3.05) is 0 Å². The topological polar surface area (TPSA) is 88.2 Å². The van der Waals surface area contributed by atoms with Crippen LogP contribution < -0.4 is 10.3 Å². The number of hydrazine groups is 1. The molecule has 0 aromatic carbocycles. The lowest BCUT2D eigenvalue weighted by molar-refractivity contribution is -0.119. The van der Waals surface area contributed by atoms with E-state index in [4.69, 9.17) is 23.2 Å². The van der Waals surface area contributed by atoms with E-state index in [0.29, 0.717) is 0 Å². The fraction of sp³-hybridized carbons (Fsp3) is 0.143. The SMILES string of the molecule is CC(=O)NNS(=O)(=O)c1cnc(Cl)c(Cl)c1. The predicted octanol–water partition coefficient (Wildman–Crippen LogP) is 0.718. The Balaban J connectivity index is 2.99. The zero-order chi connectivity index (χ0) is 12.3. The fourth-order valence-corrected chi connectivity index (χ4v) is 1.94. The number of pyridine rings is 1. The van der Waals surface area contributed by atoms with E-state index in [1.165, 1.54) is 0 Å². The minimum absolute atomic E-state index is 0.000133. The van der Waals surface area contributed by atoms with E-state index in [9.17, 15) is 13.2 Å². The summed E-state index contributed by atoms with van der Waals surface area (Å²) < 4.78 is 23.1. The number of aromatic nitrogens is 1. The fourth-order valence-electron chi connectivity index (χ4n) is 0.749. The van der Waals surface area contributed by atoms with E-state index in [-0.39, 0.29) is 15.1 Å². The molecule has 1 aromatic heterocycles. The normalized spacial score (nSPS) is 11.2. The second-order valence-corrected chi connectivity index (χ2v) is 5.18. The van der Waals surface area contributed by atoms with Crippen LogP contribution in [0.1, 0.15) is 6.92 Å². The molecule has 1 rings (SSSR count). The molecule has 88 valence electrons. The molecule has 0 saturated heterocycles. The van der Waals surface area contributed by atoms with Crippen molar-refractivity contribution in [2.45, 2.75) is 11.8 Å². The number of amides is 1. The molecule has 0 spiro atoms. The second-order valence-electron chi connectivity index (χ2n) is 2.73. The first kappa shape index (κ1) is 13.2. The Bertz CT molecular complexity index is 518. The molecular formula is C7H7Cl2N3O3S. The Hall–Kier alpha value is -0.890. The van der Waals surface area contributed by atoms with Crippen molar-refractivity contribution in [3.05, 3.63) is 22.4 Å². The van der Waals surface area contributed by atoms with Gasteiger partial charge in [-0.15, -0.1) is 4.83 Å². The van der Waals surface area contributed by atoms with Gasteiger partial charge in [0, 0.05) is 13.1 Å². The third-order valence-corrected chi connectivity index (χ3v) is 3.34. The number of halogens is 2. The number of carbonyl (C=O) groups is 1. The Morgan fingerprint density at radius 1 is 1.44 bits per heavy atom. The summed E-state index contributed by atoms with van der Waals surface area (Å²) in [5.74, 6) is -0.545. The summed E-state index contributed by atoms with van der Waals surface area (Å²) in [6.07, 6.45) is 1.03. The zero-order valence-electron chi connectivity index (χ0n) is 7.99. The summed E-state index contributed by atoms with van der Waals surface area (Å²) in [5, 5.41) is 0.00695. The van der Waals surface area contributed by atoms with Gasteiger partial charge in [-0.25, -0.2) is 13.4 Å². The maximum absolute atomic E-state index is 11.5. The molecule has 9 heteroatoms. The molecule has 0 unspecified atom stereocenters. The van der Waals surface area contributed by atoms with Crippen molar-refractivity contribution in [2.24, 2.45) is 0 Å². The van der Waals surface area contributed by atoms with Gasteiger partial charge in [-0.2, -0.15) is 0 Å². The third-order valence-electron chi connectivity index (χ3n) is 1.44. The van der Waals surface area contributed by atoms with Crippen LogP contribution in [0.15, 0.2) is 17.2 Å². The van der Waals surface area contributed by atoms with Gasteiger partial charge in [0.05, 0.1) is 5.02 Å². The zero-order valence-corrected chi connectivity index (χ0v) is 10.3. The number of sulfonamides is 1. The van der Waals surface area contributed by atoms with Crippen LogP contribution in [0.3, 0.4) is 0 Å². The van der Waals surface area contributed by atoms with E-state index in [0.717, 1.165) is 19.2 Å². The minimum Gasteiger partial charge on any atom is -0.278 e. The molecule has 0 bridgehead atoms. The molecule has 0 aliphatic rings. The van der Waals surface area contributed by atoms with E-state index in [2.05, 4.69) is 4.98 Å². The van der Waals surface area contributed by atoms with E-state index in [1.54, 1.807) is 0 Å². The van der Waals surface area contributed by atoms with Gasteiger partial charge >= 0.3 is 0 Å². The van der Waals surface area contributed by atoms with Crippen LogP contribution in [0.25, 0.3) is 0 Å². The number of nitrogens with one attached hydrogen (secondary N) is 2. The molecule has 0 atom stereocenters. The molecule has 0 aliphatic carbocycles. The van der Waals surface area contributed by atoms with E-state index >= 15 is 0 Å². The third kappa shape index (κ3) is 3.31. The van der Waals surface area contributed by atoms with Crippen molar-refractivity contribution in [1.29, 1.82) is 0 Å². The number of nitrogens with zero attached hydrogens (tertiary/aromatic N) is 1. The van der Waals surface area contributed by atoms with Crippen LogP contribution >= 0.6 is 23.2 Å². The van der Waals surface area contributed by atoms with Gasteiger partial charge in [-0.3, -0.25) is 10.2 Å². The Morgan fingerprint density at radius 3 is 2.56 bits per heavy atom. The molecule has 0 saturated carbocycles. The standard InChI is InChI=1S/C7H7Cl2N3O3S/c1-4(13)11-12-16(14,15)5-2-6(8)7(9)10-3-5/h2-3,12H,1H3,(H,11,13). The summed E-state index contributed by atoms with van der Waals surface area (Å²) in [5.41, 5.74) is 1.94. The summed E-state index contributed by atoms with van der Waals surface area (Å²) in [7, 11) is -3.88. The van der Waals surface area contributed by atoms with Gasteiger partial charge in [-0.05, 0) is 6.07 Å². The van der Waals surface area contributed by atoms with Crippen LogP contribution in [-0.4, -0.2) is 19.3 Å². The molecule has 0 radical (unpaired) electrons. The van der Waals surface area contributed by atoms with Crippen molar-refractivity contribution >= 4 is 39.1 Å². The monoisotopic (exact) mass is 283 g/mol. The summed E-state index contributed by atoms with van der Waals surface area (Å²) in [6.45, 7) is 1.16. The lowest BCUT2D eigenvalue weighted by atomic mass is 10.5. The first-order chi connectivity index (χ1) is 7.33. The van der Waals surface area contributed by atoms with Gasteiger partial charge in [0.1, 0.15) is 10.0 Å². The maximum Gasteiger partial charge on any atom is 0.258 e. The average Bonchev–Trinajstić information content (AvgIpc) is 2.19. The predicted molar refractivity (Wildman–Crippen MR) is 58.4 cm³/mol. The molecule has 0 aliphatic heterocycles. The molecule has 1 amide bonds. The molecule has 16 heavy (non-hydrogen) atoms. The van der Waals surface area contributed by atoms with Gasteiger partial charge < -0.3 is 0 Å². The molecular weight excluding hydrogens is 277 g/mol. The summed E-state index contributed by atoms with van der Waals surface area (Å²) in [4.78, 5) is 15.8. The van der Waals surface area contributed by atoms with Crippen LogP contribution in [0, 0.1) is 0 Å². The molecule has 2 N–H and O–H groups in total. The number of hydrogen-bond acceptors (Lipinski definition) is 4. The molecule has 6 nitrogen and oxygen atoms in total. The van der Waals surface area contributed by atoms with Crippen LogP contribution in [-0.2, 0) is 14.8 Å².